The second-order valence-corrected chi connectivity index (χ2v) is 7.07. The Balaban J connectivity index is 3.73. The molecule has 0 aliphatic heterocycles. The van der Waals surface area contributed by atoms with E-state index in [1.807, 2.05) is 0 Å². The quantitative estimate of drug-likeness (QED) is 0.152. The van der Waals surface area contributed by atoms with Crippen molar-refractivity contribution in [1.29, 1.82) is 0 Å². The fraction of sp³-hybridized carbons (Fsp3) is 0.333. The van der Waals surface area contributed by atoms with Gasteiger partial charge in [0.15, 0.2) is 12.1 Å². The van der Waals surface area contributed by atoms with Crippen LogP contribution in [0.15, 0.2) is 22.0 Å². The summed E-state index contributed by atoms with van der Waals surface area (Å²) in [7, 11) is 2.13. The molecule has 0 saturated heterocycles. The standard InChI is InChI=1S/C18H19BrO6S/c1-6-7-26-16-11(8-20)12(9(2)10(3)14(16)19)15(21)13(17(22)24-4)18(23)25-5/h6,8,13H,1,7H2,2-5H3. The van der Waals surface area contributed by atoms with Gasteiger partial charge < -0.3 is 9.47 Å². The second kappa shape index (κ2) is 9.68. The fourth-order valence-electron chi connectivity index (χ4n) is 2.36. The van der Waals surface area contributed by atoms with Crippen LogP contribution < -0.4 is 0 Å². The third-order valence-electron chi connectivity index (χ3n) is 3.83. The highest BCUT2D eigenvalue weighted by Gasteiger charge is 2.39. The molecule has 0 radical (unpaired) electrons. The molecule has 0 amide bonds. The normalized spacial score (nSPS) is 10.4. The third-order valence-corrected chi connectivity index (χ3v) is 6.19. The molecule has 0 atom stereocenters. The van der Waals surface area contributed by atoms with Gasteiger partial charge in [0, 0.05) is 26.2 Å². The molecule has 140 valence electrons. The maximum atomic E-state index is 13.0. The minimum Gasteiger partial charge on any atom is -0.468 e. The summed E-state index contributed by atoms with van der Waals surface area (Å²) in [6.07, 6.45) is 2.20. The van der Waals surface area contributed by atoms with Crippen LogP contribution >= 0.6 is 27.7 Å². The number of carbonyl (C=O) groups excluding carboxylic acids is 4. The number of methoxy groups -OCH3 is 2. The Hall–Kier alpha value is -1.93. The maximum Gasteiger partial charge on any atom is 0.328 e. The summed E-state index contributed by atoms with van der Waals surface area (Å²) in [5.74, 6) is -4.20. The molecule has 1 rings (SSSR count). The van der Waals surface area contributed by atoms with Crippen LogP contribution in [-0.4, -0.2) is 44.0 Å². The molecular formula is C18H19BrO6S. The number of hydrogen-bond acceptors (Lipinski definition) is 7. The first kappa shape index (κ1) is 22.1. The van der Waals surface area contributed by atoms with Crippen LogP contribution in [0, 0.1) is 19.8 Å². The molecular weight excluding hydrogens is 424 g/mol. The lowest BCUT2D eigenvalue weighted by Gasteiger charge is -2.19. The Morgan fingerprint density at radius 1 is 1.15 bits per heavy atom. The smallest absolute Gasteiger partial charge is 0.328 e. The molecule has 0 fully saturated rings. The fourth-order valence-corrected chi connectivity index (χ4v) is 4.08. The van der Waals surface area contributed by atoms with E-state index in [2.05, 4.69) is 32.0 Å². The Labute approximate surface area is 164 Å². The lowest BCUT2D eigenvalue weighted by molar-refractivity contribution is -0.155. The highest BCUT2D eigenvalue weighted by Crippen LogP contribution is 2.38. The van der Waals surface area contributed by atoms with Gasteiger partial charge in [0.25, 0.3) is 0 Å². The highest BCUT2D eigenvalue weighted by atomic mass is 79.9. The topological polar surface area (TPSA) is 86.7 Å². The molecule has 0 N–H and O–H groups in total. The van der Waals surface area contributed by atoms with E-state index < -0.39 is 23.6 Å². The van der Waals surface area contributed by atoms with Crippen molar-refractivity contribution in [2.24, 2.45) is 5.92 Å². The van der Waals surface area contributed by atoms with Crippen molar-refractivity contribution in [2.75, 3.05) is 20.0 Å². The first-order valence-corrected chi connectivity index (χ1v) is 9.25. The zero-order valence-electron chi connectivity index (χ0n) is 14.9. The van der Waals surface area contributed by atoms with Gasteiger partial charge in [0.05, 0.1) is 14.2 Å². The number of ketones is 1. The minimum atomic E-state index is -1.79. The van der Waals surface area contributed by atoms with Crippen molar-refractivity contribution in [2.45, 2.75) is 18.7 Å². The van der Waals surface area contributed by atoms with Crippen LogP contribution in [0.25, 0.3) is 0 Å². The van der Waals surface area contributed by atoms with Gasteiger partial charge in [-0.3, -0.25) is 19.2 Å². The Morgan fingerprint density at radius 2 is 1.69 bits per heavy atom. The maximum absolute atomic E-state index is 13.0. The molecule has 0 spiro atoms. The van der Waals surface area contributed by atoms with Crippen LogP contribution in [0.1, 0.15) is 31.8 Å². The number of ether oxygens (including phenoxy) is 2. The van der Waals surface area contributed by atoms with Gasteiger partial charge in [0.2, 0.25) is 5.92 Å². The van der Waals surface area contributed by atoms with Gasteiger partial charge in [-0.2, -0.15) is 0 Å². The average Bonchev–Trinajstić information content (AvgIpc) is 2.64. The Kier molecular flexibility index (Phi) is 8.23. The van der Waals surface area contributed by atoms with Crippen LogP contribution in [0.5, 0.6) is 0 Å². The first-order chi connectivity index (χ1) is 12.3. The molecule has 0 bridgehead atoms. The van der Waals surface area contributed by atoms with E-state index in [1.54, 1.807) is 19.9 Å². The van der Waals surface area contributed by atoms with Gasteiger partial charge in [-0.25, -0.2) is 0 Å². The van der Waals surface area contributed by atoms with Gasteiger partial charge in [-0.1, -0.05) is 6.08 Å². The number of halogens is 1. The number of benzene rings is 1. The minimum absolute atomic E-state index is 0.00747. The zero-order chi connectivity index (χ0) is 20.0. The van der Waals surface area contributed by atoms with Gasteiger partial charge in [-0.15, -0.1) is 18.3 Å². The molecule has 8 heteroatoms. The summed E-state index contributed by atoms with van der Waals surface area (Å²) in [5, 5.41) is 0. The summed E-state index contributed by atoms with van der Waals surface area (Å²) in [5.41, 5.74) is 1.33. The van der Waals surface area contributed by atoms with Crippen molar-refractivity contribution in [3.8, 4) is 0 Å². The average molecular weight is 443 g/mol. The molecule has 6 nitrogen and oxygen atoms in total. The Bertz CT molecular complexity index is 756. The second-order valence-electron chi connectivity index (χ2n) is 5.24. The van der Waals surface area contributed by atoms with Gasteiger partial charge >= 0.3 is 11.9 Å². The molecule has 0 aliphatic rings. The van der Waals surface area contributed by atoms with E-state index in [4.69, 9.17) is 0 Å². The van der Waals surface area contributed by atoms with Gasteiger partial charge in [0.1, 0.15) is 0 Å². The van der Waals surface area contributed by atoms with E-state index >= 15 is 0 Å². The number of esters is 2. The molecule has 0 saturated carbocycles. The van der Waals surface area contributed by atoms with Crippen LogP contribution in [-0.2, 0) is 19.1 Å². The van der Waals surface area contributed by atoms with E-state index in [0.717, 1.165) is 19.8 Å². The number of Topliss-reactive ketones (excluding diaryl/α,β-unsaturated/α-hetero) is 1. The largest absolute Gasteiger partial charge is 0.468 e. The number of hydrogen-bond donors (Lipinski definition) is 0. The van der Waals surface area contributed by atoms with Crippen LogP contribution in [0.2, 0.25) is 0 Å². The van der Waals surface area contributed by atoms with Crippen molar-refractivity contribution in [1.82, 2.24) is 0 Å². The lowest BCUT2D eigenvalue weighted by atomic mass is 9.89. The number of carbonyl (C=O) groups is 4. The van der Waals surface area contributed by atoms with Crippen molar-refractivity contribution >= 4 is 51.7 Å². The summed E-state index contributed by atoms with van der Waals surface area (Å²) >= 11 is 4.76. The summed E-state index contributed by atoms with van der Waals surface area (Å²) in [6.45, 7) is 7.06. The summed E-state index contributed by atoms with van der Waals surface area (Å²) in [4.78, 5) is 49.3. The molecule has 0 heterocycles. The molecule has 1 aromatic rings. The van der Waals surface area contributed by atoms with Crippen molar-refractivity contribution in [3.05, 3.63) is 39.4 Å². The van der Waals surface area contributed by atoms with Gasteiger partial charge in [-0.05, 0) is 40.9 Å². The third kappa shape index (κ3) is 4.24. The zero-order valence-corrected chi connectivity index (χ0v) is 17.3. The SMILES string of the molecule is C=CCSc1c(Br)c(C)c(C)c(C(=O)C(C(=O)OC)C(=O)OC)c1C=O. The van der Waals surface area contributed by atoms with E-state index in [9.17, 15) is 19.2 Å². The van der Waals surface area contributed by atoms with E-state index in [1.165, 1.54) is 11.8 Å². The number of aldehydes is 1. The van der Waals surface area contributed by atoms with E-state index in [-0.39, 0.29) is 11.1 Å². The molecule has 0 aromatic heterocycles. The van der Waals surface area contributed by atoms with Crippen molar-refractivity contribution < 1.29 is 28.7 Å². The molecule has 1 aromatic carbocycles. The predicted octanol–water partition coefficient (Wildman–Crippen LogP) is 3.30. The van der Waals surface area contributed by atoms with Crippen molar-refractivity contribution in [3.63, 3.8) is 0 Å². The first-order valence-electron chi connectivity index (χ1n) is 7.48. The summed E-state index contributed by atoms with van der Waals surface area (Å²) in [6, 6.07) is 0. The van der Waals surface area contributed by atoms with Crippen LogP contribution in [0.4, 0.5) is 0 Å². The summed E-state index contributed by atoms with van der Waals surface area (Å²) < 4.78 is 9.80. The monoisotopic (exact) mass is 442 g/mol. The highest BCUT2D eigenvalue weighted by molar-refractivity contribution is 9.10. The lowest BCUT2D eigenvalue weighted by Crippen LogP contribution is -2.35. The van der Waals surface area contributed by atoms with E-state index in [0.29, 0.717) is 27.0 Å². The Morgan fingerprint density at radius 3 is 2.12 bits per heavy atom. The molecule has 26 heavy (non-hydrogen) atoms. The predicted molar refractivity (Wildman–Crippen MR) is 102 cm³/mol. The van der Waals surface area contributed by atoms with Crippen LogP contribution in [0.3, 0.4) is 0 Å². The molecule has 0 aliphatic carbocycles. The number of thioether (sulfide) groups is 1. The molecule has 0 unspecified atom stereocenters. The number of rotatable bonds is 8.